The smallest absolute Gasteiger partial charge is 0.305 e. The average Bonchev–Trinajstić information content (AvgIpc) is 3.15. The van der Waals surface area contributed by atoms with Gasteiger partial charge in [0.15, 0.2) is 5.82 Å². The lowest BCUT2D eigenvalue weighted by atomic mass is 10.0. The summed E-state index contributed by atoms with van der Waals surface area (Å²) in [4.78, 5) is 20.0. The number of nitrogens with one attached hydrogen (secondary N) is 1. The molecule has 166 valence electrons. The number of sulfonamides is 1. The van der Waals surface area contributed by atoms with Gasteiger partial charge in [-0.15, -0.1) is 0 Å². The van der Waals surface area contributed by atoms with Gasteiger partial charge < -0.3 is 15.2 Å². The number of ether oxygens (including phenoxy) is 2. The summed E-state index contributed by atoms with van der Waals surface area (Å²) < 4.78 is 36.2. The number of nitrogen functional groups attached to an aromatic ring is 1. The Morgan fingerprint density at radius 1 is 1.26 bits per heavy atom. The second-order valence-corrected chi connectivity index (χ2v) is 9.35. The highest BCUT2D eigenvalue weighted by Gasteiger charge is 2.38. The zero-order valence-electron chi connectivity index (χ0n) is 17.3. The van der Waals surface area contributed by atoms with Crippen LogP contribution in [0.25, 0.3) is 11.4 Å². The van der Waals surface area contributed by atoms with Gasteiger partial charge in [-0.1, -0.05) is 0 Å². The van der Waals surface area contributed by atoms with E-state index in [2.05, 4.69) is 9.97 Å². The van der Waals surface area contributed by atoms with Gasteiger partial charge in [-0.2, -0.15) is 4.31 Å². The van der Waals surface area contributed by atoms with E-state index in [0.717, 1.165) is 11.8 Å². The molecule has 3 N–H and O–H groups in total. The van der Waals surface area contributed by atoms with E-state index in [1.165, 1.54) is 23.8 Å². The molecule has 0 bridgehead atoms. The molecule has 1 aliphatic rings. The van der Waals surface area contributed by atoms with E-state index in [1.54, 1.807) is 24.3 Å². The van der Waals surface area contributed by atoms with Crippen LogP contribution in [0.4, 0.5) is 0 Å². The van der Waals surface area contributed by atoms with Crippen molar-refractivity contribution in [3.05, 3.63) is 42.2 Å². The van der Waals surface area contributed by atoms with Crippen LogP contribution in [-0.4, -0.2) is 67.1 Å². The van der Waals surface area contributed by atoms with Crippen molar-refractivity contribution in [3.8, 4) is 17.1 Å². The largest absolute Gasteiger partial charge is 0.492 e. The van der Waals surface area contributed by atoms with Crippen LogP contribution in [0.2, 0.25) is 0 Å². The molecule has 0 radical (unpaired) electrons. The molecule has 1 aromatic heterocycles. The van der Waals surface area contributed by atoms with E-state index in [9.17, 15) is 13.2 Å². The van der Waals surface area contributed by atoms with Crippen LogP contribution in [0.3, 0.4) is 0 Å². The van der Waals surface area contributed by atoms with Crippen molar-refractivity contribution >= 4 is 21.8 Å². The second-order valence-electron chi connectivity index (χ2n) is 7.41. The number of amidine groups is 1. The molecule has 2 heterocycles. The highest BCUT2D eigenvalue weighted by atomic mass is 32.2. The summed E-state index contributed by atoms with van der Waals surface area (Å²) in [5.41, 5.74) is 6.61. The molecule has 2 aromatic rings. The third-order valence-electron chi connectivity index (χ3n) is 5.08. The van der Waals surface area contributed by atoms with Gasteiger partial charge in [-0.25, -0.2) is 18.4 Å². The zero-order chi connectivity index (χ0) is 22.6. The molecule has 1 saturated heterocycles. The number of nitrogens with zero attached hydrogens (tertiary/aromatic N) is 3. The Morgan fingerprint density at radius 2 is 1.90 bits per heavy atom. The van der Waals surface area contributed by atoms with Crippen molar-refractivity contribution in [2.45, 2.75) is 18.9 Å². The molecule has 0 aliphatic carbocycles. The van der Waals surface area contributed by atoms with Crippen LogP contribution in [0.1, 0.15) is 18.4 Å². The monoisotopic (exact) mass is 447 g/mol. The van der Waals surface area contributed by atoms with Gasteiger partial charge in [-0.3, -0.25) is 10.2 Å². The number of esters is 1. The number of benzene rings is 1. The van der Waals surface area contributed by atoms with Crippen molar-refractivity contribution < 1.29 is 22.7 Å². The quantitative estimate of drug-likeness (QED) is 0.346. The Hall–Kier alpha value is -3.05. The molecule has 11 heteroatoms. The molecule has 1 aromatic carbocycles. The molecule has 31 heavy (non-hydrogen) atoms. The molecular weight excluding hydrogens is 422 g/mol. The fraction of sp³-hybridized carbons (Fsp3) is 0.400. The SMILES string of the molecule is COC(=O)C[C@@H]1C[C@@H](COc2ccc(-c3ncc(C(=N)N)cn3)cc2)N(S(C)(=O)=O)C1. The van der Waals surface area contributed by atoms with Gasteiger partial charge in [-0.05, 0) is 36.6 Å². The number of carbonyl (C=O) groups excluding carboxylic acids is 1. The van der Waals surface area contributed by atoms with Crippen LogP contribution in [0.15, 0.2) is 36.7 Å². The van der Waals surface area contributed by atoms with Crippen LogP contribution in [-0.2, 0) is 19.6 Å². The van der Waals surface area contributed by atoms with E-state index in [-0.39, 0.29) is 43.3 Å². The predicted molar refractivity (Wildman–Crippen MR) is 114 cm³/mol. The zero-order valence-corrected chi connectivity index (χ0v) is 18.1. The Balaban J connectivity index is 1.64. The summed E-state index contributed by atoms with van der Waals surface area (Å²) in [6, 6.07) is 6.74. The lowest BCUT2D eigenvalue weighted by Gasteiger charge is -2.22. The fourth-order valence-electron chi connectivity index (χ4n) is 3.51. The maximum absolute atomic E-state index is 12.1. The van der Waals surface area contributed by atoms with E-state index < -0.39 is 10.0 Å². The minimum Gasteiger partial charge on any atom is -0.492 e. The second kappa shape index (κ2) is 9.40. The van der Waals surface area contributed by atoms with Crippen LogP contribution >= 0.6 is 0 Å². The lowest BCUT2D eigenvalue weighted by molar-refractivity contribution is -0.141. The standard InChI is InChI=1S/C20H25N5O5S/c1-29-18(26)8-13-7-16(25(11-13)31(2,27)28)12-30-17-5-3-14(4-6-17)20-23-9-15(10-24-20)19(21)22/h3-6,9-10,13,16H,7-8,11-12H2,1-2H3,(H3,21,22)/t13-,16-/m0/s1. The number of hydrogen-bond acceptors (Lipinski definition) is 8. The number of hydrogen-bond donors (Lipinski definition) is 2. The van der Waals surface area contributed by atoms with Crippen LogP contribution in [0, 0.1) is 11.3 Å². The fourth-order valence-corrected chi connectivity index (χ4v) is 4.68. The minimum absolute atomic E-state index is 0.0980. The maximum atomic E-state index is 12.1. The Labute approximate surface area is 181 Å². The van der Waals surface area contributed by atoms with Crippen molar-refractivity contribution in [2.24, 2.45) is 11.7 Å². The number of nitrogens with two attached hydrogens (primary N) is 1. The molecule has 0 amide bonds. The first-order valence-corrected chi connectivity index (χ1v) is 11.5. The number of rotatable bonds is 8. The third kappa shape index (κ3) is 5.76. The van der Waals surface area contributed by atoms with Crippen molar-refractivity contribution in [3.63, 3.8) is 0 Å². The van der Waals surface area contributed by atoms with E-state index in [1.807, 2.05) is 0 Å². The molecule has 2 atom stereocenters. The molecule has 3 rings (SSSR count). The number of aromatic nitrogens is 2. The van der Waals surface area contributed by atoms with Gasteiger partial charge >= 0.3 is 5.97 Å². The minimum atomic E-state index is -3.42. The van der Waals surface area contributed by atoms with Gasteiger partial charge in [0.25, 0.3) is 0 Å². The molecule has 0 spiro atoms. The van der Waals surface area contributed by atoms with Gasteiger partial charge in [0.1, 0.15) is 18.2 Å². The third-order valence-corrected chi connectivity index (χ3v) is 6.38. The Bertz CT molecular complexity index is 1040. The molecule has 0 unspecified atom stereocenters. The summed E-state index contributed by atoms with van der Waals surface area (Å²) in [5.74, 6) is 0.511. The van der Waals surface area contributed by atoms with E-state index in [0.29, 0.717) is 23.6 Å². The van der Waals surface area contributed by atoms with Crippen molar-refractivity contribution in [1.29, 1.82) is 5.41 Å². The molecule has 0 saturated carbocycles. The highest BCUT2D eigenvalue weighted by molar-refractivity contribution is 7.88. The first-order valence-electron chi connectivity index (χ1n) is 9.60. The Morgan fingerprint density at radius 3 is 2.45 bits per heavy atom. The summed E-state index contributed by atoms with van der Waals surface area (Å²) >= 11 is 0. The first kappa shape index (κ1) is 22.6. The van der Waals surface area contributed by atoms with Crippen LogP contribution in [0.5, 0.6) is 5.75 Å². The summed E-state index contributed by atoms with van der Waals surface area (Å²) in [7, 11) is -2.11. The lowest BCUT2D eigenvalue weighted by Crippen LogP contribution is -2.38. The summed E-state index contributed by atoms with van der Waals surface area (Å²) in [5, 5.41) is 7.38. The normalized spacial score (nSPS) is 19.2. The molecule has 1 aliphatic heterocycles. The van der Waals surface area contributed by atoms with Gasteiger partial charge in [0, 0.05) is 30.9 Å². The summed E-state index contributed by atoms with van der Waals surface area (Å²) in [6.07, 6.45) is 4.83. The molecular formula is C20H25N5O5S. The predicted octanol–water partition coefficient (Wildman–Crippen LogP) is 1.02. The summed E-state index contributed by atoms with van der Waals surface area (Å²) in [6.45, 7) is 0.447. The highest BCUT2D eigenvalue weighted by Crippen LogP contribution is 2.29. The molecule has 1 fully saturated rings. The first-order chi connectivity index (χ1) is 14.7. The van der Waals surface area contributed by atoms with Gasteiger partial charge in [0.05, 0.1) is 25.0 Å². The van der Waals surface area contributed by atoms with E-state index >= 15 is 0 Å². The number of methoxy groups -OCH3 is 1. The topological polar surface area (TPSA) is 149 Å². The number of carbonyl (C=O) groups is 1. The van der Waals surface area contributed by atoms with Crippen LogP contribution < -0.4 is 10.5 Å². The van der Waals surface area contributed by atoms with Crippen molar-refractivity contribution in [2.75, 3.05) is 26.5 Å². The van der Waals surface area contributed by atoms with Crippen molar-refractivity contribution in [1.82, 2.24) is 14.3 Å². The molecule has 10 nitrogen and oxygen atoms in total. The average molecular weight is 448 g/mol. The van der Waals surface area contributed by atoms with Gasteiger partial charge in [0.2, 0.25) is 10.0 Å². The Kier molecular flexibility index (Phi) is 6.86. The van der Waals surface area contributed by atoms with E-state index in [4.69, 9.17) is 20.6 Å². The maximum Gasteiger partial charge on any atom is 0.305 e.